The summed E-state index contributed by atoms with van der Waals surface area (Å²) in [6.45, 7) is 5.67. The Bertz CT molecular complexity index is 617. The molecule has 0 heterocycles. The van der Waals surface area contributed by atoms with Crippen LogP contribution in [0.15, 0.2) is 18.2 Å². The molecule has 1 amide bonds. The number of sulfone groups is 1. The number of nitrogens with one attached hydrogen (secondary N) is 1. The molecule has 1 aromatic carbocycles. The van der Waals surface area contributed by atoms with E-state index in [2.05, 4.69) is 5.32 Å². The molecule has 0 bridgehead atoms. The van der Waals surface area contributed by atoms with Crippen molar-refractivity contribution in [1.82, 2.24) is 5.32 Å². The Balaban J connectivity index is 2.72. The molecule has 0 spiro atoms. The fraction of sp³-hybridized carbons (Fsp3) is 0.500. The van der Waals surface area contributed by atoms with Gasteiger partial charge in [-0.3, -0.25) is 4.79 Å². The molecule has 1 rings (SSSR count). The molecule has 118 valence electrons. The molecule has 1 unspecified atom stereocenters. The molecule has 0 aliphatic rings. The maximum atomic E-state index is 12.9. The highest BCUT2D eigenvalue weighted by molar-refractivity contribution is 7.91. The summed E-state index contributed by atoms with van der Waals surface area (Å²) >= 11 is 5.79. The highest BCUT2D eigenvalue weighted by atomic mass is 35.5. The largest absolute Gasteiger partial charge is 0.353 e. The summed E-state index contributed by atoms with van der Waals surface area (Å²) < 4.78 is 36.9. The summed E-state index contributed by atoms with van der Waals surface area (Å²) in [6.07, 6.45) is 0. The molecule has 0 saturated carbocycles. The molecule has 0 aliphatic heterocycles. The van der Waals surface area contributed by atoms with Gasteiger partial charge in [-0.05, 0) is 30.5 Å². The molecule has 1 aromatic rings. The Morgan fingerprint density at radius 3 is 2.48 bits per heavy atom. The standard InChI is InChI=1S/C14H19ClFNO3S/c1-9(2)10(3)17-14(18)8-21(19,20)7-11-4-5-12(16)6-13(11)15/h4-6,9-10H,7-8H2,1-3H3,(H,17,18). The zero-order valence-corrected chi connectivity index (χ0v) is 13.8. The van der Waals surface area contributed by atoms with Crippen LogP contribution in [0.3, 0.4) is 0 Å². The van der Waals surface area contributed by atoms with Gasteiger partial charge in [0.2, 0.25) is 5.91 Å². The molecule has 1 N–H and O–H groups in total. The van der Waals surface area contributed by atoms with Gasteiger partial charge in [-0.25, -0.2) is 12.8 Å². The average Bonchev–Trinajstić information content (AvgIpc) is 2.31. The Hall–Kier alpha value is -1.14. The van der Waals surface area contributed by atoms with Crippen LogP contribution in [0.1, 0.15) is 26.3 Å². The third-order valence-corrected chi connectivity index (χ3v) is 4.93. The predicted molar refractivity (Wildman–Crippen MR) is 81.3 cm³/mol. The summed E-state index contributed by atoms with van der Waals surface area (Å²) in [6, 6.07) is 3.39. The van der Waals surface area contributed by atoms with Crippen molar-refractivity contribution in [1.29, 1.82) is 0 Å². The van der Waals surface area contributed by atoms with Crippen LogP contribution >= 0.6 is 11.6 Å². The number of carbonyl (C=O) groups excluding carboxylic acids is 1. The summed E-state index contributed by atoms with van der Waals surface area (Å²) in [5.74, 6) is -1.88. The van der Waals surface area contributed by atoms with Crippen LogP contribution < -0.4 is 5.32 Å². The third kappa shape index (κ3) is 6.01. The lowest BCUT2D eigenvalue weighted by molar-refractivity contribution is -0.119. The van der Waals surface area contributed by atoms with Gasteiger partial charge in [0.1, 0.15) is 11.6 Å². The van der Waals surface area contributed by atoms with Crippen molar-refractivity contribution in [3.63, 3.8) is 0 Å². The summed E-state index contributed by atoms with van der Waals surface area (Å²) in [5, 5.41) is 2.67. The molecule has 0 fully saturated rings. The highest BCUT2D eigenvalue weighted by Gasteiger charge is 2.20. The zero-order valence-electron chi connectivity index (χ0n) is 12.2. The number of amides is 1. The lowest BCUT2D eigenvalue weighted by Gasteiger charge is -2.17. The monoisotopic (exact) mass is 335 g/mol. The van der Waals surface area contributed by atoms with Crippen LogP contribution in [0.4, 0.5) is 4.39 Å². The van der Waals surface area contributed by atoms with E-state index in [4.69, 9.17) is 11.6 Å². The highest BCUT2D eigenvalue weighted by Crippen LogP contribution is 2.19. The molecule has 1 atom stereocenters. The van der Waals surface area contributed by atoms with E-state index in [1.54, 1.807) is 0 Å². The van der Waals surface area contributed by atoms with E-state index in [1.165, 1.54) is 6.07 Å². The van der Waals surface area contributed by atoms with E-state index in [-0.39, 0.29) is 22.5 Å². The van der Waals surface area contributed by atoms with Gasteiger partial charge in [-0.2, -0.15) is 0 Å². The van der Waals surface area contributed by atoms with Crippen molar-refractivity contribution >= 4 is 27.3 Å². The maximum Gasteiger partial charge on any atom is 0.235 e. The maximum absolute atomic E-state index is 12.9. The molecule has 0 saturated heterocycles. The quantitative estimate of drug-likeness (QED) is 0.869. The first-order chi connectivity index (χ1) is 9.60. The van der Waals surface area contributed by atoms with Crippen LogP contribution in [0.2, 0.25) is 5.02 Å². The molecular formula is C14H19ClFNO3S. The van der Waals surface area contributed by atoms with Gasteiger partial charge in [0.05, 0.1) is 5.75 Å². The van der Waals surface area contributed by atoms with E-state index in [0.29, 0.717) is 0 Å². The fourth-order valence-electron chi connectivity index (χ4n) is 1.59. The number of carbonyl (C=O) groups is 1. The van der Waals surface area contributed by atoms with Crippen molar-refractivity contribution in [3.8, 4) is 0 Å². The summed E-state index contributed by atoms with van der Waals surface area (Å²) in [4.78, 5) is 11.7. The van der Waals surface area contributed by atoms with Gasteiger partial charge >= 0.3 is 0 Å². The molecular weight excluding hydrogens is 317 g/mol. The normalized spacial score (nSPS) is 13.2. The second kappa shape index (κ2) is 7.22. The van der Waals surface area contributed by atoms with E-state index in [0.717, 1.165) is 12.1 Å². The third-order valence-electron chi connectivity index (χ3n) is 3.13. The first-order valence-electron chi connectivity index (χ1n) is 6.54. The molecule has 21 heavy (non-hydrogen) atoms. The average molecular weight is 336 g/mol. The minimum absolute atomic E-state index is 0.0366. The van der Waals surface area contributed by atoms with Gasteiger partial charge in [0.25, 0.3) is 0 Å². The molecule has 0 radical (unpaired) electrons. The number of benzene rings is 1. The summed E-state index contributed by atoms with van der Waals surface area (Å²) in [7, 11) is -3.66. The lowest BCUT2D eigenvalue weighted by Crippen LogP contribution is -2.39. The Morgan fingerprint density at radius 1 is 1.33 bits per heavy atom. The minimum atomic E-state index is -3.66. The van der Waals surface area contributed by atoms with Crippen LogP contribution in [-0.4, -0.2) is 26.1 Å². The Morgan fingerprint density at radius 2 is 1.95 bits per heavy atom. The van der Waals surface area contributed by atoms with E-state index < -0.39 is 33.1 Å². The number of rotatable bonds is 6. The van der Waals surface area contributed by atoms with Crippen molar-refractivity contribution < 1.29 is 17.6 Å². The Labute approximate surface area is 129 Å². The second-order valence-corrected chi connectivity index (χ2v) is 7.84. The molecule has 0 aliphatic carbocycles. The van der Waals surface area contributed by atoms with Crippen LogP contribution in [0.25, 0.3) is 0 Å². The first kappa shape index (κ1) is 17.9. The van der Waals surface area contributed by atoms with Crippen molar-refractivity contribution in [3.05, 3.63) is 34.6 Å². The van der Waals surface area contributed by atoms with Gasteiger partial charge in [-0.1, -0.05) is 31.5 Å². The SMILES string of the molecule is CC(C)C(C)NC(=O)CS(=O)(=O)Cc1ccc(F)cc1Cl. The van der Waals surface area contributed by atoms with Gasteiger partial charge < -0.3 is 5.32 Å². The summed E-state index contributed by atoms with van der Waals surface area (Å²) in [5.41, 5.74) is 0.280. The van der Waals surface area contributed by atoms with Gasteiger partial charge in [0, 0.05) is 11.1 Å². The fourth-order valence-corrected chi connectivity index (χ4v) is 3.21. The van der Waals surface area contributed by atoms with Crippen molar-refractivity contribution in [2.24, 2.45) is 5.92 Å². The topological polar surface area (TPSA) is 63.2 Å². The lowest BCUT2D eigenvalue weighted by atomic mass is 10.1. The zero-order chi connectivity index (χ0) is 16.2. The minimum Gasteiger partial charge on any atom is -0.353 e. The van der Waals surface area contributed by atoms with E-state index in [9.17, 15) is 17.6 Å². The predicted octanol–water partition coefficient (Wildman–Crippen LogP) is 2.55. The van der Waals surface area contributed by atoms with Crippen LogP contribution in [0.5, 0.6) is 0 Å². The van der Waals surface area contributed by atoms with Crippen LogP contribution in [0, 0.1) is 11.7 Å². The number of hydrogen-bond acceptors (Lipinski definition) is 3. The molecule has 7 heteroatoms. The van der Waals surface area contributed by atoms with Crippen molar-refractivity contribution in [2.45, 2.75) is 32.6 Å². The number of halogens is 2. The molecule has 0 aromatic heterocycles. The van der Waals surface area contributed by atoms with Gasteiger partial charge in [-0.15, -0.1) is 0 Å². The van der Waals surface area contributed by atoms with Crippen molar-refractivity contribution in [2.75, 3.05) is 5.75 Å². The number of hydrogen-bond donors (Lipinski definition) is 1. The van der Waals surface area contributed by atoms with E-state index in [1.807, 2.05) is 20.8 Å². The second-order valence-electron chi connectivity index (χ2n) is 5.37. The molecule has 4 nitrogen and oxygen atoms in total. The Kier molecular flexibility index (Phi) is 6.16. The van der Waals surface area contributed by atoms with Gasteiger partial charge in [0.15, 0.2) is 9.84 Å². The van der Waals surface area contributed by atoms with E-state index >= 15 is 0 Å². The smallest absolute Gasteiger partial charge is 0.235 e. The first-order valence-corrected chi connectivity index (χ1v) is 8.74. The van der Waals surface area contributed by atoms with Crippen LogP contribution in [-0.2, 0) is 20.4 Å².